The van der Waals surface area contributed by atoms with Gasteiger partial charge in [0.15, 0.2) is 0 Å². The summed E-state index contributed by atoms with van der Waals surface area (Å²) in [4.78, 5) is 16.5. The monoisotopic (exact) mass is 288 g/mol. The second-order valence-corrected chi connectivity index (χ2v) is 5.67. The minimum Gasteiger partial charge on any atom is -0.459 e. The lowest BCUT2D eigenvalue weighted by Gasteiger charge is -2.11. The van der Waals surface area contributed by atoms with E-state index in [1.54, 1.807) is 12.1 Å². The first kappa shape index (κ1) is 14.1. The Kier molecular flexibility index (Phi) is 3.68. The average Bonchev–Trinajstić information content (AvgIpc) is 3.00. The van der Waals surface area contributed by atoms with Gasteiger partial charge < -0.3 is 14.0 Å². The Morgan fingerprint density at radius 3 is 3.00 bits per heavy atom. The van der Waals surface area contributed by atoms with E-state index in [2.05, 4.69) is 4.98 Å². The maximum Gasteiger partial charge on any atom is 0.338 e. The fourth-order valence-electron chi connectivity index (χ4n) is 2.71. The molecular formula is C16H20N2O3. The number of carbonyl (C=O) groups excluding carboxylic acids is 1. The van der Waals surface area contributed by atoms with Crippen LogP contribution in [0.4, 0.5) is 0 Å². The second-order valence-electron chi connectivity index (χ2n) is 5.67. The van der Waals surface area contributed by atoms with Gasteiger partial charge in [0.05, 0.1) is 28.8 Å². The summed E-state index contributed by atoms with van der Waals surface area (Å²) in [6.45, 7) is 4.30. The Labute approximate surface area is 123 Å². The molecule has 0 spiro atoms. The molecule has 1 aromatic heterocycles. The van der Waals surface area contributed by atoms with E-state index in [1.807, 2.05) is 31.5 Å². The molecule has 0 unspecified atom stereocenters. The molecule has 0 amide bonds. The summed E-state index contributed by atoms with van der Waals surface area (Å²) >= 11 is 0. The number of carbonyl (C=O) groups is 1. The fraction of sp³-hybridized carbons (Fsp3) is 0.500. The van der Waals surface area contributed by atoms with Crippen LogP contribution in [0.25, 0.3) is 11.0 Å². The van der Waals surface area contributed by atoms with Crippen molar-refractivity contribution in [2.24, 2.45) is 7.05 Å². The third-order valence-electron chi connectivity index (χ3n) is 4.06. The van der Waals surface area contributed by atoms with Crippen LogP contribution in [0.1, 0.15) is 35.9 Å². The minimum absolute atomic E-state index is 0.0322. The average molecular weight is 288 g/mol. The van der Waals surface area contributed by atoms with Crippen LogP contribution in [0.5, 0.6) is 0 Å². The first-order valence-corrected chi connectivity index (χ1v) is 7.30. The van der Waals surface area contributed by atoms with Gasteiger partial charge in [-0.25, -0.2) is 9.78 Å². The van der Waals surface area contributed by atoms with Crippen LogP contribution in [0, 0.1) is 6.92 Å². The molecule has 3 rings (SSSR count). The lowest BCUT2D eigenvalue weighted by molar-refractivity contribution is -0.00265. The third-order valence-corrected chi connectivity index (χ3v) is 4.06. The Morgan fingerprint density at radius 1 is 1.48 bits per heavy atom. The van der Waals surface area contributed by atoms with Crippen LogP contribution in [-0.4, -0.2) is 34.3 Å². The number of aromatic nitrogens is 2. The highest BCUT2D eigenvalue weighted by Crippen LogP contribution is 2.20. The number of aryl methyl sites for hydroxylation is 2. The van der Waals surface area contributed by atoms with Gasteiger partial charge in [-0.3, -0.25) is 0 Å². The van der Waals surface area contributed by atoms with E-state index in [0.29, 0.717) is 12.2 Å². The number of benzene rings is 1. The summed E-state index contributed by atoms with van der Waals surface area (Å²) in [7, 11) is 1.96. The van der Waals surface area contributed by atoms with Crippen LogP contribution >= 0.6 is 0 Å². The predicted octanol–water partition coefficient (Wildman–Crippen LogP) is 2.61. The molecule has 2 aromatic rings. The van der Waals surface area contributed by atoms with Gasteiger partial charge in [0.1, 0.15) is 12.4 Å². The Hall–Kier alpha value is -1.88. The van der Waals surface area contributed by atoms with E-state index in [-0.39, 0.29) is 18.2 Å². The molecule has 1 saturated heterocycles. The number of imidazole rings is 1. The van der Waals surface area contributed by atoms with Gasteiger partial charge >= 0.3 is 5.97 Å². The summed E-state index contributed by atoms with van der Waals surface area (Å²) in [6.07, 6.45) is 2.28. The molecule has 1 fully saturated rings. The molecule has 5 heteroatoms. The van der Waals surface area contributed by atoms with Crippen molar-refractivity contribution in [2.75, 3.05) is 6.61 Å². The third kappa shape index (κ3) is 2.78. The molecule has 1 aliphatic heterocycles. The lowest BCUT2D eigenvalue weighted by atomic mass is 10.2. The Bertz CT molecular complexity index is 677. The molecule has 112 valence electrons. The highest BCUT2D eigenvalue weighted by Gasteiger charge is 2.23. The van der Waals surface area contributed by atoms with Crippen molar-refractivity contribution in [3.63, 3.8) is 0 Å². The highest BCUT2D eigenvalue weighted by molar-refractivity contribution is 5.93. The van der Waals surface area contributed by atoms with E-state index >= 15 is 0 Å². The van der Waals surface area contributed by atoms with Crippen LogP contribution < -0.4 is 0 Å². The number of hydrogen-bond acceptors (Lipinski definition) is 4. The highest BCUT2D eigenvalue weighted by atomic mass is 16.6. The number of rotatable bonds is 3. The van der Waals surface area contributed by atoms with Gasteiger partial charge in [0.25, 0.3) is 0 Å². The van der Waals surface area contributed by atoms with Gasteiger partial charge in [0, 0.05) is 7.05 Å². The van der Waals surface area contributed by atoms with Gasteiger partial charge in [-0.1, -0.05) is 0 Å². The quantitative estimate of drug-likeness (QED) is 0.815. The van der Waals surface area contributed by atoms with E-state index in [9.17, 15) is 4.79 Å². The van der Waals surface area contributed by atoms with Crippen molar-refractivity contribution in [1.82, 2.24) is 9.55 Å². The number of ether oxygens (including phenoxy) is 2. The largest absolute Gasteiger partial charge is 0.459 e. The topological polar surface area (TPSA) is 53.4 Å². The molecule has 2 atom stereocenters. The predicted molar refractivity (Wildman–Crippen MR) is 79.3 cm³/mol. The number of nitrogens with zero attached hydrogens (tertiary/aromatic N) is 2. The van der Waals surface area contributed by atoms with Crippen molar-refractivity contribution in [1.29, 1.82) is 0 Å². The van der Waals surface area contributed by atoms with Gasteiger partial charge in [-0.15, -0.1) is 0 Å². The van der Waals surface area contributed by atoms with E-state index in [4.69, 9.17) is 9.47 Å². The maximum atomic E-state index is 12.1. The summed E-state index contributed by atoms with van der Waals surface area (Å²) in [5.41, 5.74) is 2.36. The maximum absolute atomic E-state index is 12.1. The van der Waals surface area contributed by atoms with Crippen LogP contribution in [-0.2, 0) is 16.5 Å². The summed E-state index contributed by atoms with van der Waals surface area (Å²) in [5, 5.41) is 0. The fourth-order valence-corrected chi connectivity index (χ4v) is 2.71. The summed E-state index contributed by atoms with van der Waals surface area (Å²) in [6, 6.07) is 5.47. The van der Waals surface area contributed by atoms with Crippen molar-refractivity contribution in [3.05, 3.63) is 29.6 Å². The first-order valence-electron chi connectivity index (χ1n) is 7.30. The van der Waals surface area contributed by atoms with Crippen molar-refractivity contribution < 1.29 is 14.3 Å². The molecule has 2 heterocycles. The van der Waals surface area contributed by atoms with E-state index < -0.39 is 0 Å². The first-order chi connectivity index (χ1) is 10.0. The number of fused-ring (bicyclic) bond motifs is 1. The molecule has 0 saturated carbocycles. The van der Waals surface area contributed by atoms with Gasteiger partial charge in [0.2, 0.25) is 0 Å². The van der Waals surface area contributed by atoms with Gasteiger partial charge in [-0.2, -0.15) is 0 Å². The van der Waals surface area contributed by atoms with E-state index in [0.717, 1.165) is 29.7 Å². The molecule has 5 nitrogen and oxygen atoms in total. The SMILES string of the molecule is Cc1nc2cc(C(=O)OC[C@@H]3CC[C@H](C)O3)ccc2n1C. The molecule has 0 radical (unpaired) electrons. The van der Waals surface area contributed by atoms with Crippen LogP contribution in [0.3, 0.4) is 0 Å². The standard InChI is InChI=1S/C16H20N2O3/c1-10-4-6-13(21-10)9-20-16(19)12-5-7-15-14(8-12)17-11(2)18(15)3/h5,7-8,10,13H,4,6,9H2,1-3H3/t10-,13-/m0/s1. The van der Waals surface area contributed by atoms with E-state index in [1.165, 1.54) is 0 Å². The van der Waals surface area contributed by atoms with Crippen molar-refractivity contribution >= 4 is 17.0 Å². The number of esters is 1. The molecule has 0 N–H and O–H groups in total. The minimum atomic E-state index is -0.316. The normalized spacial score (nSPS) is 21.9. The molecule has 1 aromatic carbocycles. The number of hydrogen-bond donors (Lipinski definition) is 0. The Morgan fingerprint density at radius 2 is 2.29 bits per heavy atom. The molecule has 1 aliphatic rings. The van der Waals surface area contributed by atoms with Crippen molar-refractivity contribution in [2.45, 2.75) is 38.9 Å². The van der Waals surface area contributed by atoms with Crippen molar-refractivity contribution in [3.8, 4) is 0 Å². The molecule has 21 heavy (non-hydrogen) atoms. The van der Waals surface area contributed by atoms with Crippen LogP contribution in [0.2, 0.25) is 0 Å². The van der Waals surface area contributed by atoms with Crippen LogP contribution in [0.15, 0.2) is 18.2 Å². The molecule has 0 aliphatic carbocycles. The zero-order chi connectivity index (χ0) is 15.0. The Balaban J connectivity index is 1.69. The smallest absolute Gasteiger partial charge is 0.338 e. The zero-order valence-corrected chi connectivity index (χ0v) is 12.6. The molecule has 0 bridgehead atoms. The lowest BCUT2D eigenvalue weighted by Crippen LogP contribution is -2.19. The summed E-state index contributed by atoms with van der Waals surface area (Å²) in [5.74, 6) is 0.604. The molecular weight excluding hydrogens is 268 g/mol. The van der Waals surface area contributed by atoms with Gasteiger partial charge in [-0.05, 0) is 44.9 Å². The summed E-state index contributed by atoms with van der Waals surface area (Å²) < 4.78 is 13.0. The second kappa shape index (κ2) is 5.48. The zero-order valence-electron chi connectivity index (χ0n) is 12.6.